The molecule has 0 saturated carbocycles. The van der Waals surface area contributed by atoms with E-state index in [9.17, 15) is 26.4 Å². The smallest absolute Gasteiger partial charge is 0.332 e. The molecule has 1 atom stereocenters. The molecule has 0 spiro atoms. The van der Waals surface area contributed by atoms with E-state index >= 15 is 0 Å². The molecule has 1 aliphatic heterocycles. The molecule has 32 heavy (non-hydrogen) atoms. The summed E-state index contributed by atoms with van der Waals surface area (Å²) < 4.78 is 66.2. The maximum atomic E-state index is 13.2. The van der Waals surface area contributed by atoms with Crippen LogP contribution in [0.3, 0.4) is 0 Å². The standard InChI is InChI=1S/C22H25F3N2O3S2/c1-2-6-18-15-26(21(28)22(23,24)25)13-14-27(18)32(29,30)20-11-9-19(10-12-20)31-16-17-7-4-3-5-8-17/h3-5,7-12,18H,2,6,13-16H2,1H3. The second-order valence-corrected chi connectivity index (χ2v) is 10.5. The van der Waals surface area contributed by atoms with Crippen LogP contribution in [-0.4, -0.2) is 55.4 Å². The van der Waals surface area contributed by atoms with Crippen molar-refractivity contribution >= 4 is 27.7 Å². The number of rotatable bonds is 7. The number of thioether (sulfide) groups is 1. The second kappa shape index (κ2) is 10.3. The van der Waals surface area contributed by atoms with Crippen molar-refractivity contribution in [3.05, 3.63) is 60.2 Å². The van der Waals surface area contributed by atoms with Crippen LogP contribution in [0.1, 0.15) is 25.3 Å². The van der Waals surface area contributed by atoms with E-state index in [4.69, 9.17) is 0 Å². The third-order valence-corrected chi connectivity index (χ3v) is 8.31. The first kappa shape index (κ1) is 24.6. The zero-order valence-electron chi connectivity index (χ0n) is 17.6. The van der Waals surface area contributed by atoms with E-state index in [1.54, 1.807) is 23.9 Å². The molecule has 0 aromatic heterocycles. The van der Waals surface area contributed by atoms with Gasteiger partial charge >= 0.3 is 12.1 Å². The summed E-state index contributed by atoms with van der Waals surface area (Å²) in [5.41, 5.74) is 1.16. The molecule has 1 amide bonds. The molecule has 174 valence electrons. The summed E-state index contributed by atoms with van der Waals surface area (Å²) in [6.07, 6.45) is -4.02. The Morgan fingerprint density at radius 3 is 2.31 bits per heavy atom. The molecule has 0 aliphatic carbocycles. The number of hydrogen-bond acceptors (Lipinski definition) is 4. The fourth-order valence-electron chi connectivity index (χ4n) is 3.67. The summed E-state index contributed by atoms with van der Waals surface area (Å²) in [6, 6.07) is 15.7. The third-order valence-electron chi connectivity index (χ3n) is 5.26. The van der Waals surface area contributed by atoms with Crippen LogP contribution in [-0.2, 0) is 20.6 Å². The molecule has 2 aromatic rings. The molecule has 0 radical (unpaired) electrons. The molecule has 0 bridgehead atoms. The quantitative estimate of drug-likeness (QED) is 0.539. The predicted molar refractivity (Wildman–Crippen MR) is 118 cm³/mol. The van der Waals surface area contributed by atoms with Gasteiger partial charge in [0.05, 0.1) is 4.90 Å². The van der Waals surface area contributed by atoms with Crippen molar-refractivity contribution in [1.82, 2.24) is 9.21 Å². The van der Waals surface area contributed by atoms with Crippen molar-refractivity contribution in [2.45, 2.75) is 47.5 Å². The van der Waals surface area contributed by atoms with Gasteiger partial charge in [-0.1, -0.05) is 43.7 Å². The van der Waals surface area contributed by atoms with Gasteiger partial charge in [0.15, 0.2) is 0 Å². The monoisotopic (exact) mass is 486 g/mol. The molecule has 3 rings (SSSR count). The number of alkyl halides is 3. The number of amides is 1. The van der Waals surface area contributed by atoms with E-state index < -0.39 is 28.1 Å². The van der Waals surface area contributed by atoms with Gasteiger partial charge in [-0.05, 0) is 36.2 Å². The molecule has 1 aliphatic rings. The molecule has 1 heterocycles. The highest BCUT2D eigenvalue weighted by Crippen LogP contribution is 2.29. The highest BCUT2D eigenvalue weighted by Gasteiger charge is 2.46. The van der Waals surface area contributed by atoms with Crippen molar-refractivity contribution in [3.63, 3.8) is 0 Å². The number of piperazine rings is 1. The Morgan fingerprint density at radius 1 is 1.06 bits per heavy atom. The van der Waals surface area contributed by atoms with E-state index in [1.165, 1.54) is 16.4 Å². The first-order chi connectivity index (χ1) is 15.1. The molecule has 1 fully saturated rings. The molecule has 1 saturated heterocycles. The lowest BCUT2D eigenvalue weighted by molar-refractivity contribution is -0.187. The number of carbonyl (C=O) groups excluding carboxylic acids is 1. The average molecular weight is 487 g/mol. The van der Waals surface area contributed by atoms with Gasteiger partial charge in [0.1, 0.15) is 0 Å². The Morgan fingerprint density at radius 2 is 1.72 bits per heavy atom. The normalized spacial score (nSPS) is 18.0. The lowest BCUT2D eigenvalue weighted by Crippen LogP contribution is -2.58. The fraction of sp³-hybridized carbons (Fsp3) is 0.409. The van der Waals surface area contributed by atoms with E-state index in [1.807, 2.05) is 37.3 Å². The number of nitrogens with zero attached hydrogens (tertiary/aromatic N) is 2. The first-order valence-corrected chi connectivity index (χ1v) is 12.7. The Bertz CT molecular complexity index is 1010. The zero-order valence-corrected chi connectivity index (χ0v) is 19.2. The summed E-state index contributed by atoms with van der Waals surface area (Å²) >= 11 is 1.58. The van der Waals surface area contributed by atoms with Crippen molar-refractivity contribution < 1.29 is 26.4 Å². The zero-order chi connectivity index (χ0) is 23.4. The molecule has 10 heteroatoms. The Labute approximate surface area is 190 Å². The summed E-state index contributed by atoms with van der Waals surface area (Å²) in [7, 11) is -3.90. The van der Waals surface area contributed by atoms with Crippen LogP contribution < -0.4 is 0 Å². The van der Waals surface area contributed by atoms with Crippen LogP contribution in [0.15, 0.2) is 64.4 Å². The second-order valence-electron chi connectivity index (χ2n) is 7.55. The number of hydrogen-bond donors (Lipinski definition) is 0. The SMILES string of the molecule is CCCC1CN(C(=O)C(F)(F)F)CCN1S(=O)(=O)c1ccc(SCc2ccccc2)cc1. The lowest BCUT2D eigenvalue weighted by Gasteiger charge is -2.40. The molecule has 0 N–H and O–H groups in total. The molecular formula is C22H25F3N2O3S2. The van der Waals surface area contributed by atoms with Crippen LogP contribution in [0, 0.1) is 0 Å². The summed E-state index contributed by atoms with van der Waals surface area (Å²) in [5.74, 6) is -1.17. The van der Waals surface area contributed by atoms with Crippen LogP contribution in [0.5, 0.6) is 0 Å². The third kappa shape index (κ3) is 5.85. The van der Waals surface area contributed by atoms with E-state index in [2.05, 4.69) is 0 Å². The fourth-order valence-corrected chi connectivity index (χ4v) is 6.16. The van der Waals surface area contributed by atoms with Gasteiger partial charge in [-0.2, -0.15) is 17.5 Å². The first-order valence-electron chi connectivity index (χ1n) is 10.3. The van der Waals surface area contributed by atoms with Crippen molar-refractivity contribution in [1.29, 1.82) is 0 Å². The van der Waals surface area contributed by atoms with Gasteiger partial charge < -0.3 is 4.90 Å². The van der Waals surface area contributed by atoms with Crippen LogP contribution in [0.2, 0.25) is 0 Å². The van der Waals surface area contributed by atoms with Gasteiger partial charge in [-0.3, -0.25) is 4.79 Å². The topological polar surface area (TPSA) is 57.7 Å². The van der Waals surface area contributed by atoms with Gasteiger partial charge in [-0.15, -0.1) is 11.8 Å². The lowest BCUT2D eigenvalue weighted by atomic mass is 10.1. The molecular weight excluding hydrogens is 461 g/mol. The number of sulfonamides is 1. The Balaban J connectivity index is 1.72. The van der Waals surface area contributed by atoms with Crippen molar-refractivity contribution in [2.24, 2.45) is 0 Å². The van der Waals surface area contributed by atoms with E-state index in [-0.39, 0.29) is 24.5 Å². The summed E-state index contributed by atoms with van der Waals surface area (Å²) in [6.45, 7) is 1.10. The maximum Gasteiger partial charge on any atom is 0.471 e. The van der Waals surface area contributed by atoms with Crippen LogP contribution >= 0.6 is 11.8 Å². The minimum Gasteiger partial charge on any atom is -0.332 e. The summed E-state index contributed by atoms with van der Waals surface area (Å²) in [5, 5.41) is 0. The number of benzene rings is 2. The largest absolute Gasteiger partial charge is 0.471 e. The van der Waals surface area contributed by atoms with Gasteiger partial charge in [0, 0.05) is 36.3 Å². The molecule has 1 unspecified atom stereocenters. The number of carbonyl (C=O) groups is 1. The Kier molecular flexibility index (Phi) is 7.89. The molecule has 5 nitrogen and oxygen atoms in total. The van der Waals surface area contributed by atoms with Gasteiger partial charge in [0.2, 0.25) is 10.0 Å². The van der Waals surface area contributed by atoms with Crippen molar-refractivity contribution in [3.8, 4) is 0 Å². The Hall–Kier alpha value is -2.04. The summed E-state index contributed by atoms with van der Waals surface area (Å²) in [4.78, 5) is 13.3. The highest BCUT2D eigenvalue weighted by atomic mass is 32.2. The minimum absolute atomic E-state index is 0.0956. The minimum atomic E-state index is -4.97. The van der Waals surface area contributed by atoms with Crippen LogP contribution in [0.4, 0.5) is 13.2 Å². The van der Waals surface area contributed by atoms with Gasteiger partial charge in [0.25, 0.3) is 0 Å². The van der Waals surface area contributed by atoms with Crippen molar-refractivity contribution in [2.75, 3.05) is 19.6 Å². The predicted octanol–water partition coefficient (Wildman–Crippen LogP) is 4.54. The highest BCUT2D eigenvalue weighted by molar-refractivity contribution is 7.98. The van der Waals surface area contributed by atoms with Gasteiger partial charge in [-0.25, -0.2) is 8.42 Å². The average Bonchev–Trinajstić information content (AvgIpc) is 2.77. The van der Waals surface area contributed by atoms with Crippen LogP contribution in [0.25, 0.3) is 0 Å². The number of halogens is 3. The molecule has 2 aromatic carbocycles. The maximum absolute atomic E-state index is 13.2. The van der Waals surface area contributed by atoms with E-state index in [0.29, 0.717) is 17.7 Å². The van der Waals surface area contributed by atoms with E-state index in [0.717, 1.165) is 16.2 Å².